The Kier molecular flexibility index (Phi) is 28.4. The van der Waals surface area contributed by atoms with Gasteiger partial charge in [-0.3, -0.25) is 0 Å². The molecule has 0 fully saturated rings. The summed E-state index contributed by atoms with van der Waals surface area (Å²) in [6.07, 6.45) is 4.59. The molecule has 0 bridgehead atoms. The number of ether oxygens (including phenoxy) is 1. The molecular weight excluding hydrogens is 925 g/mol. The van der Waals surface area contributed by atoms with Gasteiger partial charge in [0.1, 0.15) is 41.6 Å². The number of hydrogen-bond acceptors (Lipinski definition) is 14. The number of aromatic nitrogens is 6. The SMILES string of the molecule is CCOC.CO.CO.Cc1ccc(Nc2cc(-c3ccccc3)ncn2)cc1.Cc1ccc(Nc2cc(-c3ccccc3)ncn2)cc1.Cc1ccc(Nc2cc(Cl)ncn2)cc1.O[B]Oc1ccccc1. The number of halogens is 1. The number of aliphatic hydroxyl groups excluding tert-OH is 2. The van der Waals surface area contributed by atoms with Crippen LogP contribution in [0.15, 0.2) is 201 Å². The van der Waals surface area contributed by atoms with Crippen molar-refractivity contribution in [2.45, 2.75) is 27.7 Å². The summed E-state index contributed by atoms with van der Waals surface area (Å²) in [4.78, 5) is 25.0. The van der Waals surface area contributed by atoms with Crippen LogP contribution in [0.3, 0.4) is 0 Å². The zero-order valence-electron chi connectivity index (χ0n) is 41.6. The first-order valence-electron chi connectivity index (χ1n) is 22.5. The first-order chi connectivity index (χ1) is 35.2. The van der Waals surface area contributed by atoms with Gasteiger partial charge in [0, 0.05) is 74.3 Å². The van der Waals surface area contributed by atoms with Crippen LogP contribution in [0.4, 0.5) is 34.5 Å². The lowest BCUT2D eigenvalue weighted by Gasteiger charge is -2.07. The van der Waals surface area contributed by atoms with Crippen LogP contribution >= 0.6 is 11.6 Å². The summed E-state index contributed by atoms with van der Waals surface area (Å²) < 4.78 is 9.18. The van der Waals surface area contributed by atoms with Gasteiger partial charge in [-0.2, -0.15) is 0 Å². The lowest BCUT2D eigenvalue weighted by atomic mass is 10.1. The largest absolute Gasteiger partial charge is 0.569 e. The van der Waals surface area contributed by atoms with Gasteiger partial charge in [-0.1, -0.05) is 144 Å². The van der Waals surface area contributed by atoms with Crippen LogP contribution in [-0.4, -0.2) is 80.8 Å². The van der Waals surface area contributed by atoms with Crippen LogP contribution in [0.25, 0.3) is 22.5 Å². The quantitative estimate of drug-likeness (QED) is 0.0530. The Bertz CT molecular complexity index is 2660. The smallest absolute Gasteiger partial charge is 0.537 e. The minimum absolute atomic E-state index is 0.430. The van der Waals surface area contributed by atoms with Gasteiger partial charge in [-0.15, -0.1) is 0 Å². The van der Waals surface area contributed by atoms with Crippen LogP contribution in [-0.2, 0) is 4.74 Å². The average Bonchev–Trinajstić information content (AvgIpc) is 3.43. The van der Waals surface area contributed by atoms with E-state index < -0.39 is 0 Å². The molecule has 6 N–H and O–H groups in total. The van der Waals surface area contributed by atoms with E-state index >= 15 is 0 Å². The molecule has 14 nitrogen and oxygen atoms in total. The first kappa shape index (κ1) is 58.3. The van der Waals surface area contributed by atoms with E-state index in [-0.39, 0.29) is 0 Å². The normalized spacial score (nSPS) is 9.43. The van der Waals surface area contributed by atoms with Crippen molar-refractivity contribution in [1.29, 1.82) is 0 Å². The van der Waals surface area contributed by atoms with Gasteiger partial charge in [0.25, 0.3) is 0 Å². The molecule has 0 spiro atoms. The van der Waals surface area contributed by atoms with E-state index in [1.165, 1.54) is 23.0 Å². The summed E-state index contributed by atoms with van der Waals surface area (Å²) in [6.45, 7) is 8.97. The maximum atomic E-state index is 8.17. The molecule has 371 valence electrons. The molecule has 0 amide bonds. The Morgan fingerprint density at radius 2 is 0.778 bits per heavy atom. The fraction of sp³-hybridized carbons (Fsp3) is 0.143. The number of methoxy groups -OCH3 is 1. The van der Waals surface area contributed by atoms with Crippen LogP contribution < -0.4 is 20.6 Å². The summed E-state index contributed by atoms with van der Waals surface area (Å²) in [5.74, 6) is 2.92. The van der Waals surface area contributed by atoms with Crippen molar-refractivity contribution in [2.75, 3.05) is 43.9 Å². The number of hydrogen-bond donors (Lipinski definition) is 6. The minimum Gasteiger partial charge on any atom is -0.537 e. The van der Waals surface area contributed by atoms with Gasteiger partial charge in [0.15, 0.2) is 0 Å². The molecule has 72 heavy (non-hydrogen) atoms. The predicted molar refractivity (Wildman–Crippen MR) is 294 cm³/mol. The standard InChI is InChI=1S/2C17H15N3.C11H10ClN3.C6H6BO2.C3H8O.2CH4O/c2*1-13-7-9-15(10-8-13)20-17-11-16(18-12-19-17)14-5-3-2-4-6-14;1-8-2-4-9(5-3-8)15-11-6-10(12)13-7-14-11;8-7-9-6-4-2-1-3-5-6;1-3-4-2;2*1-2/h2*2-12H,1H3,(H,18,19,20);2-7H,1H3,(H,13,14,15);1-5,8H;3H2,1-2H3;2*2H,1H3. The topological polar surface area (TPSA) is 193 Å². The Morgan fingerprint density at radius 3 is 1.10 bits per heavy atom. The highest BCUT2D eigenvalue weighted by Crippen LogP contribution is 2.23. The summed E-state index contributed by atoms with van der Waals surface area (Å²) in [5, 5.41) is 32.3. The third-order valence-electron chi connectivity index (χ3n) is 9.30. The van der Waals surface area contributed by atoms with Crippen molar-refractivity contribution >= 4 is 53.8 Å². The molecule has 16 heteroatoms. The molecule has 3 heterocycles. The van der Waals surface area contributed by atoms with E-state index in [0.717, 1.165) is 72.0 Å². The fourth-order valence-electron chi connectivity index (χ4n) is 5.70. The van der Waals surface area contributed by atoms with Crippen molar-refractivity contribution < 1.29 is 24.6 Å². The van der Waals surface area contributed by atoms with E-state index in [2.05, 4.69) is 93.4 Å². The molecule has 1 radical (unpaired) electrons. The molecule has 3 aromatic heterocycles. The number of rotatable bonds is 11. The summed E-state index contributed by atoms with van der Waals surface area (Å²) in [5.41, 5.74) is 10.7. The molecule has 6 aromatic carbocycles. The second kappa shape index (κ2) is 35.1. The van der Waals surface area contributed by atoms with Crippen LogP contribution in [0.2, 0.25) is 5.15 Å². The second-order valence-electron chi connectivity index (χ2n) is 14.6. The van der Waals surface area contributed by atoms with Gasteiger partial charge in [-0.05, 0) is 76.2 Å². The Morgan fingerprint density at radius 1 is 0.458 bits per heavy atom. The first-order valence-corrected chi connectivity index (χ1v) is 22.9. The van der Waals surface area contributed by atoms with Gasteiger partial charge in [-0.25, -0.2) is 29.9 Å². The van der Waals surface area contributed by atoms with Gasteiger partial charge in [0.2, 0.25) is 0 Å². The highest BCUT2D eigenvalue weighted by Gasteiger charge is 2.04. The molecular formula is C56H62BClN9O5. The van der Waals surface area contributed by atoms with Crippen molar-refractivity contribution in [2.24, 2.45) is 0 Å². The fourth-order valence-corrected chi connectivity index (χ4v) is 5.85. The average molecular weight is 987 g/mol. The monoisotopic (exact) mass is 986 g/mol. The lowest BCUT2D eigenvalue weighted by molar-refractivity contribution is 0.215. The van der Waals surface area contributed by atoms with Crippen LogP contribution in [0.1, 0.15) is 23.6 Å². The number of nitrogens with zero attached hydrogens (tertiary/aromatic N) is 6. The number of aliphatic hydroxyl groups is 2. The van der Waals surface area contributed by atoms with Crippen LogP contribution in [0, 0.1) is 20.8 Å². The predicted octanol–water partition coefficient (Wildman–Crippen LogP) is 12.0. The lowest BCUT2D eigenvalue weighted by Crippen LogP contribution is -1.98. The summed E-state index contributed by atoms with van der Waals surface area (Å²) in [6, 6.07) is 59.3. The Hall–Kier alpha value is -8.05. The molecule has 0 aliphatic rings. The van der Waals surface area contributed by atoms with E-state index in [0.29, 0.717) is 24.4 Å². The third kappa shape index (κ3) is 23.0. The van der Waals surface area contributed by atoms with Crippen LogP contribution in [0.5, 0.6) is 5.75 Å². The molecule has 0 unspecified atom stereocenters. The number of para-hydroxylation sites is 1. The molecule has 0 saturated carbocycles. The summed E-state index contributed by atoms with van der Waals surface area (Å²) >= 11 is 5.75. The number of anilines is 6. The zero-order chi connectivity index (χ0) is 52.2. The molecule has 0 saturated heterocycles. The van der Waals surface area contributed by atoms with Crippen molar-refractivity contribution in [3.63, 3.8) is 0 Å². The number of benzene rings is 6. The van der Waals surface area contributed by atoms with Crippen molar-refractivity contribution in [3.8, 4) is 28.3 Å². The molecule has 9 aromatic rings. The van der Waals surface area contributed by atoms with Crippen molar-refractivity contribution in [1.82, 2.24) is 29.9 Å². The highest BCUT2D eigenvalue weighted by atomic mass is 35.5. The Labute approximate surface area is 429 Å². The van der Waals surface area contributed by atoms with E-state index in [1.54, 1.807) is 38.0 Å². The summed E-state index contributed by atoms with van der Waals surface area (Å²) in [7, 11) is 4.34. The van der Waals surface area contributed by atoms with Gasteiger partial charge >= 0.3 is 7.69 Å². The number of aryl methyl sites for hydroxylation is 3. The van der Waals surface area contributed by atoms with Gasteiger partial charge < -0.3 is 40.6 Å². The molecule has 9 rings (SSSR count). The molecule has 0 aliphatic carbocycles. The van der Waals surface area contributed by atoms with Gasteiger partial charge in [0.05, 0.1) is 17.1 Å². The number of nitrogens with one attached hydrogen (secondary N) is 3. The van der Waals surface area contributed by atoms with Crippen molar-refractivity contribution in [3.05, 3.63) is 223 Å². The maximum absolute atomic E-state index is 8.17. The van der Waals surface area contributed by atoms with E-state index in [1.807, 2.05) is 153 Å². The van der Waals surface area contributed by atoms with E-state index in [9.17, 15) is 0 Å². The molecule has 0 atom stereocenters. The maximum Gasteiger partial charge on any atom is 0.569 e. The minimum atomic E-state index is 0.430. The second-order valence-corrected chi connectivity index (χ2v) is 15.0. The molecule has 0 aliphatic heterocycles. The third-order valence-corrected chi connectivity index (χ3v) is 9.51. The zero-order valence-corrected chi connectivity index (χ0v) is 42.3. The highest BCUT2D eigenvalue weighted by molar-refractivity contribution is 6.29. The van der Waals surface area contributed by atoms with E-state index in [4.69, 9.17) is 26.8 Å². The Balaban J connectivity index is 0.000000248.